The highest BCUT2D eigenvalue weighted by Crippen LogP contribution is 2.29. The molecule has 0 saturated carbocycles. The van der Waals surface area contributed by atoms with Crippen molar-refractivity contribution < 1.29 is 22.6 Å². The van der Waals surface area contributed by atoms with Crippen molar-refractivity contribution in [3.8, 4) is 0 Å². The van der Waals surface area contributed by atoms with E-state index in [1.165, 1.54) is 0 Å². The monoisotopic (exact) mass is 344 g/mol. The van der Waals surface area contributed by atoms with E-state index in [-0.39, 0.29) is 6.29 Å². The van der Waals surface area contributed by atoms with Gasteiger partial charge in [0.05, 0.1) is 18.8 Å². The van der Waals surface area contributed by atoms with E-state index in [4.69, 9.17) is 9.47 Å². The first kappa shape index (κ1) is 17.7. The minimum atomic E-state index is -4.27. The second kappa shape index (κ2) is 7.82. The molecule has 0 aliphatic carbocycles. The molecule has 2 heterocycles. The van der Waals surface area contributed by atoms with E-state index < -0.39 is 11.7 Å². The number of nitrogens with zero attached hydrogens (tertiary/aromatic N) is 2. The zero-order chi connectivity index (χ0) is 17.0. The zero-order valence-corrected chi connectivity index (χ0v) is 13.6. The van der Waals surface area contributed by atoms with E-state index in [0.717, 1.165) is 56.8 Å². The molecule has 0 atom stereocenters. The molecule has 0 bridgehead atoms. The topological polar surface area (TPSA) is 24.9 Å². The minimum absolute atomic E-state index is 0.0600. The summed E-state index contributed by atoms with van der Waals surface area (Å²) >= 11 is 0. The first-order valence-corrected chi connectivity index (χ1v) is 8.35. The molecule has 4 nitrogen and oxygen atoms in total. The van der Waals surface area contributed by atoms with Crippen molar-refractivity contribution in [1.29, 1.82) is 0 Å². The summed E-state index contributed by atoms with van der Waals surface area (Å²) in [6, 6.07) is 5.47. The third-order valence-corrected chi connectivity index (χ3v) is 4.52. The summed E-state index contributed by atoms with van der Waals surface area (Å²) < 4.78 is 48.6. The Bertz CT molecular complexity index is 508. The number of piperazine rings is 1. The molecule has 0 unspecified atom stereocenters. The predicted octanol–water partition coefficient (Wildman–Crippen LogP) is 2.59. The second-order valence-corrected chi connectivity index (χ2v) is 6.27. The van der Waals surface area contributed by atoms with Gasteiger partial charge in [0.2, 0.25) is 0 Å². The summed E-state index contributed by atoms with van der Waals surface area (Å²) in [7, 11) is 0. The molecule has 2 saturated heterocycles. The molecule has 134 valence electrons. The molecule has 1 aromatic rings. The maximum absolute atomic E-state index is 12.6. The highest BCUT2D eigenvalue weighted by molar-refractivity contribution is 5.24. The largest absolute Gasteiger partial charge is 0.416 e. The third kappa shape index (κ3) is 4.92. The van der Waals surface area contributed by atoms with Gasteiger partial charge in [0.15, 0.2) is 6.29 Å². The number of benzene rings is 1. The molecular formula is C17H23F3N2O2. The molecule has 3 rings (SSSR count). The van der Waals surface area contributed by atoms with E-state index in [1.807, 2.05) is 0 Å². The molecule has 2 fully saturated rings. The van der Waals surface area contributed by atoms with Crippen LogP contribution in [0.15, 0.2) is 24.3 Å². The highest BCUT2D eigenvalue weighted by atomic mass is 19.4. The average molecular weight is 344 g/mol. The van der Waals surface area contributed by atoms with Gasteiger partial charge in [-0.3, -0.25) is 4.90 Å². The van der Waals surface area contributed by atoms with Gasteiger partial charge in [-0.25, -0.2) is 0 Å². The fourth-order valence-corrected chi connectivity index (χ4v) is 3.09. The van der Waals surface area contributed by atoms with Crippen molar-refractivity contribution in [2.75, 3.05) is 45.9 Å². The fourth-order valence-electron chi connectivity index (χ4n) is 3.09. The van der Waals surface area contributed by atoms with Gasteiger partial charge < -0.3 is 14.4 Å². The van der Waals surface area contributed by atoms with Crippen molar-refractivity contribution in [1.82, 2.24) is 9.80 Å². The maximum atomic E-state index is 12.6. The number of hydrogen-bond donors (Lipinski definition) is 0. The molecule has 0 aromatic heterocycles. The Morgan fingerprint density at radius 2 is 1.50 bits per heavy atom. The van der Waals surface area contributed by atoms with Crippen molar-refractivity contribution in [3.05, 3.63) is 35.4 Å². The fraction of sp³-hybridized carbons (Fsp3) is 0.647. The van der Waals surface area contributed by atoms with E-state index in [0.29, 0.717) is 19.8 Å². The summed E-state index contributed by atoms with van der Waals surface area (Å²) in [4.78, 5) is 4.66. The van der Waals surface area contributed by atoms with E-state index in [1.54, 1.807) is 12.1 Å². The smallest absolute Gasteiger partial charge is 0.350 e. The number of ether oxygens (including phenoxy) is 2. The van der Waals surface area contributed by atoms with Gasteiger partial charge >= 0.3 is 6.18 Å². The SMILES string of the molecule is FC(F)(F)c1ccc(CN2CCN(CCC3OCCO3)CC2)cc1. The molecule has 2 aliphatic rings. The third-order valence-electron chi connectivity index (χ3n) is 4.52. The summed E-state index contributed by atoms with van der Waals surface area (Å²) in [5, 5.41) is 0. The molecular weight excluding hydrogens is 321 g/mol. The number of rotatable bonds is 5. The van der Waals surface area contributed by atoms with E-state index >= 15 is 0 Å². The van der Waals surface area contributed by atoms with Crippen molar-refractivity contribution >= 4 is 0 Å². The first-order chi connectivity index (χ1) is 11.5. The Balaban J connectivity index is 1.40. The predicted molar refractivity (Wildman–Crippen MR) is 83.5 cm³/mol. The molecule has 2 aliphatic heterocycles. The summed E-state index contributed by atoms with van der Waals surface area (Å²) in [6.45, 7) is 6.80. The van der Waals surface area contributed by atoms with E-state index in [9.17, 15) is 13.2 Å². The van der Waals surface area contributed by atoms with Crippen LogP contribution >= 0.6 is 0 Å². The van der Waals surface area contributed by atoms with Crippen LogP contribution in [0, 0.1) is 0 Å². The van der Waals surface area contributed by atoms with Crippen LogP contribution in [0.25, 0.3) is 0 Å². The lowest BCUT2D eigenvalue weighted by Gasteiger charge is -2.35. The first-order valence-electron chi connectivity index (χ1n) is 8.35. The maximum Gasteiger partial charge on any atom is 0.416 e. The van der Waals surface area contributed by atoms with Gasteiger partial charge in [-0.2, -0.15) is 13.2 Å². The summed E-state index contributed by atoms with van der Waals surface area (Å²) in [5.41, 5.74) is 0.330. The number of hydrogen-bond acceptors (Lipinski definition) is 4. The average Bonchev–Trinajstić information content (AvgIpc) is 3.07. The Labute approximate surface area is 140 Å². The van der Waals surface area contributed by atoms with Gasteiger partial charge in [0, 0.05) is 45.7 Å². The van der Waals surface area contributed by atoms with Gasteiger partial charge in [-0.1, -0.05) is 12.1 Å². The van der Waals surface area contributed by atoms with Gasteiger partial charge in [-0.15, -0.1) is 0 Å². The molecule has 0 amide bonds. The minimum Gasteiger partial charge on any atom is -0.350 e. The Kier molecular flexibility index (Phi) is 5.76. The Morgan fingerprint density at radius 1 is 0.917 bits per heavy atom. The van der Waals surface area contributed by atoms with Crippen molar-refractivity contribution in [2.24, 2.45) is 0 Å². The van der Waals surface area contributed by atoms with Crippen LogP contribution in [0.5, 0.6) is 0 Å². The van der Waals surface area contributed by atoms with Crippen LogP contribution in [-0.4, -0.2) is 62.0 Å². The molecule has 0 N–H and O–H groups in total. The standard InChI is InChI=1S/C17H23F3N2O2/c18-17(19,20)15-3-1-14(2-4-15)13-22-9-7-21(8-10-22)6-5-16-23-11-12-24-16/h1-4,16H,5-13H2. The zero-order valence-electron chi connectivity index (χ0n) is 13.6. The number of halogens is 3. The summed E-state index contributed by atoms with van der Waals surface area (Å²) in [6.07, 6.45) is -3.44. The lowest BCUT2D eigenvalue weighted by atomic mass is 10.1. The van der Waals surface area contributed by atoms with Crippen LogP contribution in [0.2, 0.25) is 0 Å². The van der Waals surface area contributed by atoms with Crippen LogP contribution in [0.1, 0.15) is 17.5 Å². The second-order valence-electron chi connectivity index (χ2n) is 6.27. The lowest BCUT2D eigenvalue weighted by Crippen LogP contribution is -2.46. The van der Waals surface area contributed by atoms with Crippen LogP contribution in [-0.2, 0) is 22.2 Å². The normalized spacial score (nSPS) is 21.5. The van der Waals surface area contributed by atoms with E-state index in [2.05, 4.69) is 9.80 Å². The Hall–Kier alpha value is -1.15. The summed E-state index contributed by atoms with van der Waals surface area (Å²) in [5.74, 6) is 0. The molecule has 0 radical (unpaired) electrons. The highest BCUT2D eigenvalue weighted by Gasteiger charge is 2.30. The van der Waals surface area contributed by atoms with Crippen LogP contribution in [0.4, 0.5) is 13.2 Å². The quantitative estimate of drug-likeness (QED) is 0.820. The molecule has 1 aromatic carbocycles. The Morgan fingerprint density at radius 3 is 2.08 bits per heavy atom. The molecule has 24 heavy (non-hydrogen) atoms. The van der Waals surface area contributed by atoms with Gasteiger partial charge in [0.1, 0.15) is 0 Å². The number of alkyl halides is 3. The molecule has 7 heteroatoms. The van der Waals surface area contributed by atoms with Crippen LogP contribution < -0.4 is 0 Å². The van der Waals surface area contributed by atoms with Crippen molar-refractivity contribution in [2.45, 2.75) is 25.4 Å². The van der Waals surface area contributed by atoms with Crippen LogP contribution in [0.3, 0.4) is 0 Å². The van der Waals surface area contributed by atoms with Gasteiger partial charge in [-0.05, 0) is 17.7 Å². The lowest BCUT2D eigenvalue weighted by molar-refractivity contribution is -0.137. The van der Waals surface area contributed by atoms with Gasteiger partial charge in [0.25, 0.3) is 0 Å². The molecule has 0 spiro atoms. The van der Waals surface area contributed by atoms with Crippen molar-refractivity contribution in [3.63, 3.8) is 0 Å².